The van der Waals surface area contributed by atoms with Crippen molar-refractivity contribution in [1.82, 2.24) is 14.8 Å². The zero-order valence-corrected chi connectivity index (χ0v) is 14.4. The molecule has 0 unspecified atom stereocenters. The Labute approximate surface area is 151 Å². The third-order valence-corrected chi connectivity index (χ3v) is 5.24. The second-order valence-corrected chi connectivity index (χ2v) is 7.03. The van der Waals surface area contributed by atoms with Gasteiger partial charge in [-0.2, -0.15) is 0 Å². The van der Waals surface area contributed by atoms with Crippen LogP contribution in [-0.4, -0.2) is 40.9 Å². The average Bonchev–Trinajstić information content (AvgIpc) is 2.66. The third-order valence-electron chi connectivity index (χ3n) is 5.24. The van der Waals surface area contributed by atoms with Crippen LogP contribution in [0.3, 0.4) is 0 Å². The normalized spacial score (nSPS) is 21.0. The van der Waals surface area contributed by atoms with Crippen molar-refractivity contribution in [3.05, 3.63) is 70.1 Å². The van der Waals surface area contributed by atoms with Gasteiger partial charge in [0, 0.05) is 30.4 Å². The Morgan fingerprint density at radius 3 is 2.65 bits per heavy atom. The lowest BCUT2D eigenvalue weighted by Crippen LogP contribution is -2.52. The predicted molar refractivity (Wildman–Crippen MR) is 96.9 cm³/mol. The van der Waals surface area contributed by atoms with Gasteiger partial charge in [-0.05, 0) is 37.0 Å². The van der Waals surface area contributed by atoms with Gasteiger partial charge < -0.3 is 14.8 Å². The van der Waals surface area contributed by atoms with Gasteiger partial charge in [-0.1, -0.05) is 24.3 Å². The topological polar surface area (TPSA) is 71.4 Å². The SMILES string of the molecule is O=C(NCC(=O)N1C[C@H]2Cc3cccc(=O)n3[C@H](C2)C1)c1ccccc1. The van der Waals surface area contributed by atoms with E-state index in [9.17, 15) is 14.4 Å². The maximum Gasteiger partial charge on any atom is 0.251 e. The molecular weight excluding hydrogens is 330 g/mol. The summed E-state index contributed by atoms with van der Waals surface area (Å²) < 4.78 is 1.83. The molecule has 3 heterocycles. The van der Waals surface area contributed by atoms with E-state index in [4.69, 9.17) is 0 Å². The number of aromatic nitrogens is 1. The smallest absolute Gasteiger partial charge is 0.251 e. The predicted octanol–water partition coefficient (Wildman–Crippen LogP) is 1.22. The van der Waals surface area contributed by atoms with Crippen molar-refractivity contribution in [3.8, 4) is 0 Å². The summed E-state index contributed by atoms with van der Waals surface area (Å²) >= 11 is 0. The van der Waals surface area contributed by atoms with E-state index < -0.39 is 0 Å². The number of benzene rings is 1. The van der Waals surface area contributed by atoms with Gasteiger partial charge in [0.15, 0.2) is 0 Å². The van der Waals surface area contributed by atoms with Crippen LogP contribution in [0.25, 0.3) is 0 Å². The van der Waals surface area contributed by atoms with E-state index in [0.717, 1.165) is 18.5 Å². The molecule has 2 aliphatic heterocycles. The van der Waals surface area contributed by atoms with E-state index in [-0.39, 0.29) is 30.0 Å². The highest BCUT2D eigenvalue weighted by Crippen LogP contribution is 2.32. The third kappa shape index (κ3) is 3.14. The van der Waals surface area contributed by atoms with Crippen LogP contribution in [0.15, 0.2) is 53.3 Å². The quantitative estimate of drug-likeness (QED) is 0.904. The maximum absolute atomic E-state index is 12.6. The minimum Gasteiger partial charge on any atom is -0.343 e. The molecule has 1 saturated heterocycles. The van der Waals surface area contributed by atoms with Crippen molar-refractivity contribution in [3.63, 3.8) is 0 Å². The molecule has 0 radical (unpaired) electrons. The van der Waals surface area contributed by atoms with E-state index >= 15 is 0 Å². The summed E-state index contributed by atoms with van der Waals surface area (Å²) in [6.07, 6.45) is 1.74. The lowest BCUT2D eigenvalue weighted by Gasteiger charge is -2.43. The molecule has 0 saturated carbocycles. The van der Waals surface area contributed by atoms with E-state index in [0.29, 0.717) is 24.6 Å². The second kappa shape index (κ2) is 6.78. The highest BCUT2D eigenvalue weighted by molar-refractivity contribution is 5.96. The Balaban J connectivity index is 1.42. The van der Waals surface area contributed by atoms with Crippen LogP contribution in [0.5, 0.6) is 0 Å². The monoisotopic (exact) mass is 351 g/mol. The largest absolute Gasteiger partial charge is 0.343 e. The van der Waals surface area contributed by atoms with Gasteiger partial charge in [0.2, 0.25) is 5.91 Å². The molecule has 6 nitrogen and oxygen atoms in total. The van der Waals surface area contributed by atoms with Gasteiger partial charge in [-0.15, -0.1) is 0 Å². The zero-order chi connectivity index (χ0) is 18.1. The van der Waals surface area contributed by atoms with Crippen LogP contribution in [0.2, 0.25) is 0 Å². The number of nitrogens with one attached hydrogen (secondary N) is 1. The van der Waals surface area contributed by atoms with E-state index in [1.54, 1.807) is 41.3 Å². The number of carbonyl (C=O) groups excluding carboxylic acids is 2. The number of hydrogen-bond donors (Lipinski definition) is 1. The Morgan fingerprint density at radius 1 is 1.04 bits per heavy atom. The highest BCUT2D eigenvalue weighted by atomic mass is 16.2. The summed E-state index contributed by atoms with van der Waals surface area (Å²) in [6, 6.07) is 14.3. The fraction of sp³-hybridized carbons (Fsp3) is 0.350. The van der Waals surface area contributed by atoms with E-state index in [1.165, 1.54) is 0 Å². The molecule has 2 bridgehead atoms. The van der Waals surface area contributed by atoms with Crippen molar-refractivity contribution in [2.75, 3.05) is 19.6 Å². The van der Waals surface area contributed by atoms with Crippen LogP contribution < -0.4 is 10.9 Å². The van der Waals surface area contributed by atoms with Crippen molar-refractivity contribution in [2.24, 2.45) is 5.92 Å². The van der Waals surface area contributed by atoms with Crippen molar-refractivity contribution < 1.29 is 9.59 Å². The first-order chi connectivity index (χ1) is 12.6. The summed E-state index contributed by atoms with van der Waals surface area (Å²) in [4.78, 5) is 38.7. The zero-order valence-electron chi connectivity index (χ0n) is 14.4. The number of nitrogens with zero attached hydrogens (tertiary/aromatic N) is 2. The molecule has 134 valence electrons. The number of carbonyl (C=O) groups is 2. The molecule has 2 aromatic rings. The molecule has 0 aliphatic carbocycles. The molecule has 6 heteroatoms. The fourth-order valence-electron chi connectivity index (χ4n) is 4.09. The molecule has 2 atom stereocenters. The molecule has 2 amide bonds. The number of piperidine rings is 1. The van der Waals surface area contributed by atoms with Crippen molar-refractivity contribution in [2.45, 2.75) is 18.9 Å². The van der Waals surface area contributed by atoms with Crippen molar-refractivity contribution >= 4 is 11.8 Å². The van der Waals surface area contributed by atoms with Gasteiger partial charge >= 0.3 is 0 Å². The number of fused-ring (bicyclic) bond motifs is 4. The van der Waals surface area contributed by atoms with Crippen LogP contribution in [0.4, 0.5) is 0 Å². The maximum atomic E-state index is 12.6. The minimum atomic E-state index is -0.252. The van der Waals surface area contributed by atoms with Crippen LogP contribution in [-0.2, 0) is 11.2 Å². The highest BCUT2D eigenvalue weighted by Gasteiger charge is 2.35. The fourth-order valence-corrected chi connectivity index (χ4v) is 4.09. The lowest BCUT2D eigenvalue weighted by molar-refractivity contribution is -0.133. The van der Waals surface area contributed by atoms with E-state index in [1.807, 2.05) is 16.7 Å². The average molecular weight is 351 g/mol. The van der Waals surface area contributed by atoms with Gasteiger partial charge in [0.25, 0.3) is 11.5 Å². The Morgan fingerprint density at radius 2 is 1.85 bits per heavy atom. The summed E-state index contributed by atoms with van der Waals surface area (Å²) in [7, 11) is 0. The molecule has 0 spiro atoms. The molecule has 1 N–H and O–H groups in total. The summed E-state index contributed by atoms with van der Waals surface area (Å²) in [5, 5.41) is 2.69. The van der Waals surface area contributed by atoms with Crippen LogP contribution >= 0.6 is 0 Å². The second-order valence-electron chi connectivity index (χ2n) is 7.03. The standard InChI is InChI=1S/C20H21N3O3/c24-18-8-4-7-16-9-14-10-17(23(16)18)13-22(12-14)19(25)11-21-20(26)15-5-2-1-3-6-15/h1-8,14,17H,9-13H2,(H,21,26)/t14-,17+/m0/s1. The van der Waals surface area contributed by atoms with Crippen LogP contribution in [0, 0.1) is 5.92 Å². The molecule has 1 aromatic heterocycles. The first-order valence-corrected chi connectivity index (χ1v) is 8.93. The number of likely N-dealkylation sites (tertiary alicyclic amines) is 1. The van der Waals surface area contributed by atoms with Gasteiger partial charge in [0.05, 0.1) is 12.6 Å². The Hall–Kier alpha value is -2.89. The molecule has 26 heavy (non-hydrogen) atoms. The Bertz CT molecular complexity index is 891. The minimum absolute atomic E-state index is 0.00220. The number of amides is 2. The summed E-state index contributed by atoms with van der Waals surface area (Å²) in [5.41, 5.74) is 1.59. The molecule has 1 aromatic carbocycles. The summed E-state index contributed by atoms with van der Waals surface area (Å²) in [5.74, 6) is 0.0125. The van der Waals surface area contributed by atoms with Crippen molar-refractivity contribution in [1.29, 1.82) is 0 Å². The first kappa shape index (κ1) is 16.6. The molecule has 2 aliphatic rings. The molecule has 4 rings (SSSR count). The van der Waals surface area contributed by atoms with E-state index in [2.05, 4.69) is 5.32 Å². The molecular formula is C20H21N3O3. The number of rotatable bonds is 3. The lowest BCUT2D eigenvalue weighted by atomic mass is 9.86. The molecule has 1 fully saturated rings. The first-order valence-electron chi connectivity index (χ1n) is 8.93. The summed E-state index contributed by atoms with van der Waals surface area (Å²) in [6.45, 7) is 1.18. The number of hydrogen-bond acceptors (Lipinski definition) is 3. The Kier molecular flexibility index (Phi) is 4.32. The van der Waals surface area contributed by atoms with Gasteiger partial charge in [-0.3, -0.25) is 14.4 Å². The van der Waals surface area contributed by atoms with Gasteiger partial charge in [0.1, 0.15) is 0 Å². The number of pyridine rings is 1. The van der Waals surface area contributed by atoms with Gasteiger partial charge in [-0.25, -0.2) is 0 Å². The van der Waals surface area contributed by atoms with Crippen LogP contribution in [0.1, 0.15) is 28.5 Å².